The van der Waals surface area contributed by atoms with Crippen molar-refractivity contribution in [2.24, 2.45) is 0 Å². The molecule has 0 aromatic rings. The number of halogens is 4. The third kappa shape index (κ3) is 22.4. The van der Waals surface area contributed by atoms with Crippen molar-refractivity contribution in [1.29, 1.82) is 10.8 Å². The average Bonchev–Trinajstić information content (AvgIpc) is 3.87. The second kappa shape index (κ2) is 33.0. The molecule has 0 radical (unpaired) electrons. The maximum Gasteiger partial charge on any atom is 2.00 e. The summed E-state index contributed by atoms with van der Waals surface area (Å²) in [7, 11) is -4.85. The van der Waals surface area contributed by atoms with Gasteiger partial charge in [0, 0.05) is 24.0 Å². The van der Waals surface area contributed by atoms with E-state index in [1.165, 1.54) is 46.8 Å². The van der Waals surface area contributed by atoms with Gasteiger partial charge in [0.25, 0.3) is 0 Å². The van der Waals surface area contributed by atoms with Gasteiger partial charge in [0.15, 0.2) is 0 Å². The van der Waals surface area contributed by atoms with E-state index in [9.17, 15) is 17.3 Å². The van der Waals surface area contributed by atoms with Crippen LogP contribution in [0.5, 0.6) is 0 Å². The van der Waals surface area contributed by atoms with E-state index in [4.69, 9.17) is 15.5 Å². The van der Waals surface area contributed by atoms with Gasteiger partial charge >= 0.3 is 24.3 Å². The molecule has 0 amide bonds. The van der Waals surface area contributed by atoms with Gasteiger partial charge in [-0.05, 0) is 161 Å². The number of nitrogens with zero attached hydrogens (tertiary/aromatic N) is 2. The molecule has 6 saturated carbocycles. The van der Waals surface area contributed by atoms with Gasteiger partial charge in [-0.1, -0.05) is 139 Å². The average molecular weight is 951 g/mol. The maximum absolute atomic E-state index is 9.75. The summed E-state index contributed by atoms with van der Waals surface area (Å²) >= 11 is 0. The zero-order valence-corrected chi connectivity index (χ0v) is 42.0. The Balaban J connectivity index is 0.000000777. The van der Waals surface area contributed by atoms with Gasteiger partial charge < -0.3 is 23.4 Å². The number of ether oxygens (including phenoxy) is 1. The molecule has 0 unspecified atom stereocenters. The van der Waals surface area contributed by atoms with Crippen molar-refractivity contribution in [2.45, 2.75) is 239 Å². The summed E-state index contributed by atoms with van der Waals surface area (Å²) in [5.74, 6) is 0. The van der Waals surface area contributed by atoms with E-state index in [1.54, 1.807) is 230 Å². The fourth-order valence-electron chi connectivity index (χ4n) is 12.1. The van der Waals surface area contributed by atoms with E-state index in [0.717, 1.165) is 13.2 Å². The summed E-state index contributed by atoms with van der Waals surface area (Å²) in [5, 5.41) is 12.0. The fraction of sp³-hybridized carbons (Fsp3) is 1.00. The Morgan fingerprint density at radius 2 is 0.542 bits per heavy atom. The van der Waals surface area contributed by atoms with E-state index in [0.29, 0.717) is 23.8 Å². The summed E-state index contributed by atoms with van der Waals surface area (Å²) in [6, 6.07) is 0. The molecule has 7 fully saturated rings. The zero-order valence-electron chi connectivity index (χ0n) is 38.3. The van der Waals surface area contributed by atoms with Crippen LogP contribution in [0.25, 0.3) is 0 Å². The van der Waals surface area contributed by atoms with Crippen LogP contribution in [-0.2, 0) is 21.8 Å². The predicted molar refractivity (Wildman–Crippen MR) is 253 cm³/mol. The predicted octanol–water partition coefficient (Wildman–Crippen LogP) is 17.1. The molecule has 0 bridgehead atoms. The molecule has 1 aliphatic heterocycles. The molecule has 0 aromatic heterocycles. The third-order valence-corrected chi connectivity index (χ3v) is 29.7. The summed E-state index contributed by atoms with van der Waals surface area (Å²) in [5.41, 5.74) is 7.04. The summed E-state index contributed by atoms with van der Waals surface area (Å²) in [6.45, 7) is 2.00. The van der Waals surface area contributed by atoms with Gasteiger partial charge in [-0.2, -0.15) is 0 Å². The van der Waals surface area contributed by atoms with E-state index in [1.807, 2.05) is 0 Å². The Morgan fingerprint density at radius 3 is 0.695 bits per heavy atom. The van der Waals surface area contributed by atoms with Crippen LogP contribution in [0.15, 0.2) is 0 Å². The van der Waals surface area contributed by atoms with Crippen LogP contribution in [0, 0.1) is 10.8 Å². The molecule has 1 saturated heterocycles. The van der Waals surface area contributed by atoms with Crippen molar-refractivity contribution >= 4 is 38.9 Å². The molecule has 6 aliphatic carbocycles. The molecule has 59 heavy (non-hydrogen) atoms. The van der Waals surface area contributed by atoms with Crippen LogP contribution >= 0.6 is 31.7 Å². The molecule has 7 aliphatic rings. The molecule has 1 heterocycles. The molecule has 0 spiro atoms. The topological polar surface area (TPSA) is 56.8 Å². The number of hydrogen-bond donors (Lipinski definition) is 0. The van der Waals surface area contributed by atoms with Crippen LogP contribution in [-0.4, -0.2) is 91.4 Å². The van der Waals surface area contributed by atoms with Crippen LogP contribution in [0.1, 0.15) is 207 Å². The van der Waals surface area contributed by atoms with Crippen LogP contribution in [0.4, 0.5) is 17.3 Å². The van der Waals surface area contributed by atoms with Gasteiger partial charge in [0.1, 0.15) is 0 Å². The largest absolute Gasteiger partial charge is 2.00 e. The van der Waals surface area contributed by atoms with Crippen molar-refractivity contribution in [2.75, 3.05) is 50.2 Å². The van der Waals surface area contributed by atoms with Gasteiger partial charge in [-0.15, -0.1) is 7.92 Å². The molecule has 7 rings (SSSR count). The SMILES string of the molecule is C1CCC(P(CCP(CCP(C2CCCCC2)C2CCCCC2)CCP(C2CCCCC2)C2CCCCC2)C2CCCCC2)CC1.C1CCOC1.F[B-](F)(F)F.N#N.[Fe+2].[H-]. The van der Waals surface area contributed by atoms with Crippen molar-refractivity contribution in [1.82, 2.24) is 0 Å². The minimum atomic E-state index is -6.00. The van der Waals surface area contributed by atoms with Gasteiger partial charge in [-0.3, -0.25) is 0 Å². The van der Waals surface area contributed by atoms with Crippen molar-refractivity contribution in [3.63, 3.8) is 0 Å². The molecule has 346 valence electrons. The minimum absolute atomic E-state index is 0. The van der Waals surface area contributed by atoms with Crippen molar-refractivity contribution < 1.29 is 40.5 Å². The molecule has 3 nitrogen and oxygen atoms in total. The van der Waals surface area contributed by atoms with Gasteiger partial charge in [0.2, 0.25) is 0 Å². The Kier molecular flexibility index (Phi) is 30.6. The first-order valence-corrected chi connectivity index (χ1v) is 31.9. The van der Waals surface area contributed by atoms with Crippen molar-refractivity contribution in [3.05, 3.63) is 0 Å². The van der Waals surface area contributed by atoms with Gasteiger partial charge in [0.05, 0.1) is 0 Å². The van der Waals surface area contributed by atoms with Crippen LogP contribution in [0.2, 0.25) is 0 Å². The Morgan fingerprint density at radius 1 is 0.356 bits per heavy atom. The first-order valence-electron chi connectivity index (χ1n) is 25.0. The minimum Gasteiger partial charge on any atom is -1.00 e. The van der Waals surface area contributed by atoms with Crippen molar-refractivity contribution in [3.8, 4) is 0 Å². The van der Waals surface area contributed by atoms with Gasteiger partial charge in [-0.25, -0.2) is 0 Å². The summed E-state index contributed by atoms with van der Waals surface area (Å²) in [4.78, 5) is 0. The van der Waals surface area contributed by atoms with E-state index < -0.39 is 7.25 Å². The summed E-state index contributed by atoms with van der Waals surface area (Å²) in [6.07, 6.45) is 60.7. The molecule has 0 atom stereocenters. The summed E-state index contributed by atoms with van der Waals surface area (Å²) < 4.78 is 43.9. The third-order valence-electron chi connectivity index (χ3n) is 15.1. The van der Waals surface area contributed by atoms with E-state index in [-0.39, 0.29) is 26.4 Å². The second-order valence-electron chi connectivity index (χ2n) is 19.1. The molecule has 13 heteroatoms. The Bertz CT molecular complexity index is 867. The first kappa shape index (κ1) is 54.7. The standard InChI is InChI=1S/C42H78P4.C4H8O.BF4.Fe.N2.H/c1-7-19-37(20-8-1)44(38-21-9-2-10-22-38)34-31-43(32-35-45(39-23-11-3-12-24-39)40-25-13-4-14-26-40)33-36-46(41-27-15-5-16-28-41)42-29-17-6-18-30-42;1-2-4-5-3-1;2-1(3,4)5;;1-2;/h37-42H,1-36H2;1-4H2;;;;/q;;-1;+2;;-1. The second-order valence-corrected chi connectivity index (χ2v) is 30.6. The maximum atomic E-state index is 9.75. The quantitative estimate of drug-likeness (QED) is 0.0711. The van der Waals surface area contributed by atoms with Crippen LogP contribution < -0.4 is 0 Å². The zero-order chi connectivity index (χ0) is 41.3. The van der Waals surface area contributed by atoms with E-state index >= 15 is 0 Å². The monoisotopic (exact) mass is 951 g/mol. The Labute approximate surface area is 378 Å². The smallest absolute Gasteiger partial charge is 1.00 e. The van der Waals surface area contributed by atoms with Crippen LogP contribution in [0.3, 0.4) is 0 Å². The molecular weight excluding hydrogens is 863 g/mol. The molecule has 0 N–H and O–H groups in total. The first-order chi connectivity index (χ1) is 28.3. The number of hydrogen-bond acceptors (Lipinski definition) is 3. The van der Waals surface area contributed by atoms with E-state index in [2.05, 4.69) is 0 Å². The molecule has 0 aromatic carbocycles. The fourth-order valence-corrected chi connectivity index (χ4v) is 29.1. The normalized spacial score (nSPS) is 23.8. The Hall–Kier alpha value is 1.40. The number of rotatable bonds is 15. The molecular formula is C46H87BF4FeN2OP4.